The molecule has 0 saturated heterocycles. The number of rotatable bonds is 7. The van der Waals surface area contributed by atoms with Crippen molar-refractivity contribution in [3.8, 4) is 5.75 Å². The van der Waals surface area contributed by atoms with Crippen LogP contribution in [0.4, 0.5) is 4.39 Å². The minimum Gasteiger partial charge on any atom is -0.489 e. The first-order chi connectivity index (χ1) is 8.47. The van der Waals surface area contributed by atoms with Gasteiger partial charge in [-0.2, -0.15) is 0 Å². The first kappa shape index (κ1) is 15.4. The van der Waals surface area contributed by atoms with E-state index in [4.69, 9.17) is 4.74 Å². The third-order valence-electron chi connectivity index (χ3n) is 2.50. The highest BCUT2D eigenvalue weighted by molar-refractivity contribution is 9.10. The van der Waals surface area contributed by atoms with Crippen LogP contribution in [0, 0.1) is 11.7 Å². The Kier molecular flexibility index (Phi) is 6.65. The van der Waals surface area contributed by atoms with Gasteiger partial charge < -0.3 is 10.1 Å². The van der Waals surface area contributed by atoms with Gasteiger partial charge in [-0.3, -0.25) is 0 Å². The molecule has 0 amide bonds. The minimum absolute atomic E-state index is 0.0193. The van der Waals surface area contributed by atoms with Gasteiger partial charge in [-0.1, -0.05) is 29.8 Å². The fourth-order valence-corrected chi connectivity index (χ4v) is 2.01. The summed E-state index contributed by atoms with van der Waals surface area (Å²) in [5, 5.41) is 3.34. The van der Waals surface area contributed by atoms with E-state index in [9.17, 15) is 4.39 Å². The summed E-state index contributed by atoms with van der Waals surface area (Å²) in [5.74, 6) is 0.965. The molecule has 1 N–H and O–H groups in total. The van der Waals surface area contributed by atoms with Crippen LogP contribution < -0.4 is 10.1 Å². The number of hydrogen-bond acceptors (Lipinski definition) is 2. The third-order valence-corrected chi connectivity index (χ3v) is 2.96. The van der Waals surface area contributed by atoms with Gasteiger partial charge in [0.2, 0.25) is 0 Å². The molecule has 4 heteroatoms. The Morgan fingerprint density at radius 1 is 1.28 bits per heavy atom. The molecule has 1 aromatic rings. The van der Waals surface area contributed by atoms with Crippen molar-refractivity contribution in [3.05, 3.63) is 28.5 Å². The van der Waals surface area contributed by atoms with Crippen LogP contribution in [0.25, 0.3) is 0 Å². The van der Waals surface area contributed by atoms with E-state index in [1.165, 1.54) is 12.1 Å². The molecule has 1 aromatic carbocycles. The molecule has 2 nitrogen and oxygen atoms in total. The molecule has 0 aromatic heterocycles. The quantitative estimate of drug-likeness (QED) is 0.768. The van der Waals surface area contributed by atoms with Gasteiger partial charge in [0.05, 0.1) is 0 Å². The standard InChI is InChI=1S/C14H21BrFNO/c1-10(2)4-5-17-9-11(3)18-14-7-12(15)6-13(16)8-14/h6-8,10-11,17H,4-5,9H2,1-3H3. The average Bonchev–Trinajstić information content (AvgIpc) is 2.22. The van der Waals surface area contributed by atoms with E-state index < -0.39 is 0 Å². The highest BCUT2D eigenvalue weighted by atomic mass is 79.9. The maximum atomic E-state index is 13.1. The zero-order valence-electron chi connectivity index (χ0n) is 11.2. The second kappa shape index (κ2) is 7.74. The minimum atomic E-state index is -0.292. The van der Waals surface area contributed by atoms with E-state index in [1.54, 1.807) is 6.07 Å². The van der Waals surface area contributed by atoms with Crippen molar-refractivity contribution in [1.82, 2.24) is 5.32 Å². The van der Waals surface area contributed by atoms with Crippen molar-refractivity contribution in [2.45, 2.75) is 33.3 Å². The largest absolute Gasteiger partial charge is 0.489 e. The predicted octanol–water partition coefficient (Wildman–Crippen LogP) is 3.99. The second-order valence-electron chi connectivity index (χ2n) is 4.92. The van der Waals surface area contributed by atoms with Crippen LogP contribution in [0.2, 0.25) is 0 Å². The van der Waals surface area contributed by atoms with Gasteiger partial charge in [0.15, 0.2) is 0 Å². The summed E-state index contributed by atoms with van der Waals surface area (Å²) in [4.78, 5) is 0. The van der Waals surface area contributed by atoms with E-state index in [0.29, 0.717) is 16.1 Å². The highest BCUT2D eigenvalue weighted by Gasteiger charge is 2.06. The molecular formula is C14H21BrFNO. The van der Waals surface area contributed by atoms with Gasteiger partial charge >= 0.3 is 0 Å². The van der Waals surface area contributed by atoms with Crippen molar-refractivity contribution in [3.63, 3.8) is 0 Å². The van der Waals surface area contributed by atoms with E-state index in [-0.39, 0.29) is 11.9 Å². The van der Waals surface area contributed by atoms with Crippen molar-refractivity contribution < 1.29 is 9.13 Å². The molecule has 0 radical (unpaired) electrons. The van der Waals surface area contributed by atoms with Crippen molar-refractivity contribution >= 4 is 15.9 Å². The predicted molar refractivity (Wildman–Crippen MR) is 76.5 cm³/mol. The Morgan fingerprint density at radius 2 is 2.00 bits per heavy atom. The van der Waals surface area contributed by atoms with Crippen LogP contribution in [-0.2, 0) is 0 Å². The summed E-state index contributed by atoms with van der Waals surface area (Å²) in [5.41, 5.74) is 0. The van der Waals surface area contributed by atoms with Crippen LogP contribution in [0.1, 0.15) is 27.2 Å². The Bertz CT molecular complexity index is 351. The number of benzene rings is 1. The Labute approximate surface area is 117 Å². The van der Waals surface area contributed by atoms with E-state index in [0.717, 1.165) is 19.5 Å². The number of hydrogen-bond donors (Lipinski definition) is 1. The van der Waals surface area contributed by atoms with Crippen LogP contribution in [0.15, 0.2) is 22.7 Å². The monoisotopic (exact) mass is 317 g/mol. The first-order valence-corrected chi connectivity index (χ1v) is 7.10. The lowest BCUT2D eigenvalue weighted by molar-refractivity contribution is 0.215. The summed E-state index contributed by atoms with van der Waals surface area (Å²) in [6, 6.07) is 4.58. The first-order valence-electron chi connectivity index (χ1n) is 6.31. The lowest BCUT2D eigenvalue weighted by Crippen LogP contribution is -2.30. The lowest BCUT2D eigenvalue weighted by atomic mass is 10.1. The molecule has 0 aliphatic rings. The van der Waals surface area contributed by atoms with E-state index in [1.807, 2.05) is 6.92 Å². The molecule has 102 valence electrons. The van der Waals surface area contributed by atoms with Crippen LogP contribution in [0.5, 0.6) is 5.75 Å². The lowest BCUT2D eigenvalue weighted by Gasteiger charge is -2.16. The van der Waals surface area contributed by atoms with Gasteiger partial charge in [0.1, 0.15) is 17.7 Å². The van der Waals surface area contributed by atoms with Crippen LogP contribution in [0.3, 0.4) is 0 Å². The molecule has 1 rings (SSSR count). The smallest absolute Gasteiger partial charge is 0.128 e. The summed E-state index contributed by atoms with van der Waals surface area (Å²) >= 11 is 3.25. The fourth-order valence-electron chi connectivity index (χ4n) is 1.57. The highest BCUT2D eigenvalue weighted by Crippen LogP contribution is 2.21. The Morgan fingerprint density at radius 3 is 2.61 bits per heavy atom. The Hall–Kier alpha value is -0.610. The fraction of sp³-hybridized carbons (Fsp3) is 0.571. The molecule has 0 aliphatic heterocycles. The average molecular weight is 318 g/mol. The van der Waals surface area contributed by atoms with Crippen molar-refractivity contribution in [2.75, 3.05) is 13.1 Å². The van der Waals surface area contributed by atoms with Gasteiger partial charge in [0.25, 0.3) is 0 Å². The van der Waals surface area contributed by atoms with Gasteiger partial charge in [-0.15, -0.1) is 0 Å². The zero-order chi connectivity index (χ0) is 13.5. The zero-order valence-corrected chi connectivity index (χ0v) is 12.8. The molecule has 0 heterocycles. The normalized spacial score (nSPS) is 12.8. The summed E-state index contributed by atoms with van der Waals surface area (Å²) < 4.78 is 19.5. The molecule has 1 atom stereocenters. The molecule has 0 bridgehead atoms. The van der Waals surface area contributed by atoms with Crippen molar-refractivity contribution in [2.24, 2.45) is 5.92 Å². The number of nitrogens with one attached hydrogen (secondary N) is 1. The van der Waals surface area contributed by atoms with Crippen LogP contribution in [-0.4, -0.2) is 19.2 Å². The molecular weight excluding hydrogens is 297 g/mol. The third kappa shape index (κ3) is 6.36. The number of halogens is 2. The van der Waals surface area contributed by atoms with Gasteiger partial charge in [0, 0.05) is 17.1 Å². The van der Waals surface area contributed by atoms with E-state index >= 15 is 0 Å². The van der Waals surface area contributed by atoms with Crippen molar-refractivity contribution in [1.29, 1.82) is 0 Å². The Balaban J connectivity index is 2.33. The topological polar surface area (TPSA) is 21.3 Å². The molecule has 0 spiro atoms. The summed E-state index contributed by atoms with van der Waals surface area (Å²) in [6.45, 7) is 8.12. The maximum Gasteiger partial charge on any atom is 0.128 e. The molecule has 0 aliphatic carbocycles. The van der Waals surface area contributed by atoms with Gasteiger partial charge in [-0.05, 0) is 37.9 Å². The SMILES string of the molecule is CC(C)CCNCC(C)Oc1cc(F)cc(Br)c1. The molecule has 0 saturated carbocycles. The van der Waals surface area contributed by atoms with Crippen LogP contribution >= 0.6 is 15.9 Å². The number of ether oxygens (including phenoxy) is 1. The maximum absolute atomic E-state index is 13.1. The second-order valence-corrected chi connectivity index (χ2v) is 5.84. The molecule has 1 unspecified atom stereocenters. The summed E-state index contributed by atoms with van der Waals surface area (Å²) in [6.07, 6.45) is 1.17. The summed E-state index contributed by atoms with van der Waals surface area (Å²) in [7, 11) is 0. The van der Waals surface area contributed by atoms with E-state index in [2.05, 4.69) is 35.1 Å². The molecule has 0 fully saturated rings. The van der Waals surface area contributed by atoms with Gasteiger partial charge in [-0.25, -0.2) is 4.39 Å². The molecule has 18 heavy (non-hydrogen) atoms.